The second kappa shape index (κ2) is 6.94. The number of nitro groups is 1. The zero-order valence-corrected chi connectivity index (χ0v) is 15.3. The van der Waals surface area contributed by atoms with Crippen LogP contribution < -0.4 is 0 Å². The fourth-order valence-electron chi connectivity index (χ4n) is 3.33. The largest absolute Gasteiger partial charge is 0.354 e. The van der Waals surface area contributed by atoms with Crippen LogP contribution in [0.25, 0.3) is 22.2 Å². The molecule has 0 aliphatic rings. The molecule has 1 atom stereocenters. The predicted molar refractivity (Wildman–Crippen MR) is 107 cm³/mol. The highest BCUT2D eigenvalue weighted by Gasteiger charge is 2.28. The Hall–Kier alpha value is -2.63. The Morgan fingerprint density at radius 3 is 2.54 bits per heavy atom. The Labute approximate surface area is 159 Å². The third kappa shape index (κ3) is 3.11. The summed E-state index contributed by atoms with van der Waals surface area (Å²) in [5, 5.41) is 15.0. The first kappa shape index (κ1) is 16.8. The summed E-state index contributed by atoms with van der Waals surface area (Å²) in [6.07, 6.45) is 0. The standard InChI is InChI=1S/C20H15ClN2O2S/c21-14-9-7-13(8-10-14)20-19(15-4-1-2-5-17(15)22-20)16(12-23(24)25)18-6-3-11-26-18/h1-11,16,22H,12H2. The fourth-order valence-corrected chi connectivity index (χ4v) is 4.29. The molecule has 4 aromatic rings. The van der Waals surface area contributed by atoms with Crippen LogP contribution in [0.1, 0.15) is 16.4 Å². The van der Waals surface area contributed by atoms with Crippen molar-refractivity contribution in [1.82, 2.24) is 4.98 Å². The molecule has 4 rings (SSSR count). The number of rotatable bonds is 5. The van der Waals surface area contributed by atoms with Gasteiger partial charge in [-0.2, -0.15) is 0 Å². The highest BCUT2D eigenvalue weighted by atomic mass is 35.5. The zero-order chi connectivity index (χ0) is 18.1. The number of thiophene rings is 1. The molecule has 0 amide bonds. The molecular weight excluding hydrogens is 368 g/mol. The molecule has 0 saturated carbocycles. The maximum absolute atomic E-state index is 11.4. The van der Waals surface area contributed by atoms with Gasteiger partial charge in [-0.1, -0.05) is 48.0 Å². The maximum Gasteiger partial charge on any atom is 0.215 e. The molecule has 0 saturated heterocycles. The molecule has 2 aromatic heterocycles. The summed E-state index contributed by atoms with van der Waals surface area (Å²) in [5.74, 6) is -0.313. The van der Waals surface area contributed by atoms with E-state index in [2.05, 4.69) is 4.98 Å². The second-order valence-electron chi connectivity index (χ2n) is 6.05. The Morgan fingerprint density at radius 1 is 1.08 bits per heavy atom. The quantitative estimate of drug-likeness (QED) is 0.342. The van der Waals surface area contributed by atoms with Gasteiger partial charge in [0.05, 0.1) is 11.6 Å². The lowest BCUT2D eigenvalue weighted by atomic mass is 9.92. The minimum absolute atomic E-state index is 0.150. The van der Waals surface area contributed by atoms with E-state index >= 15 is 0 Å². The number of aromatic nitrogens is 1. The van der Waals surface area contributed by atoms with Crippen LogP contribution in [0.15, 0.2) is 66.0 Å². The SMILES string of the molecule is O=[N+]([O-])CC(c1cccs1)c1c(-c2ccc(Cl)cc2)[nH]c2ccccc12. The van der Waals surface area contributed by atoms with Crippen molar-refractivity contribution in [2.45, 2.75) is 5.92 Å². The molecule has 0 aliphatic heterocycles. The van der Waals surface area contributed by atoms with Crippen molar-refractivity contribution < 1.29 is 4.92 Å². The molecule has 0 bridgehead atoms. The van der Waals surface area contributed by atoms with Crippen LogP contribution in [0.5, 0.6) is 0 Å². The average molecular weight is 383 g/mol. The first-order valence-corrected chi connectivity index (χ1v) is 9.41. The summed E-state index contributed by atoms with van der Waals surface area (Å²) in [7, 11) is 0. The van der Waals surface area contributed by atoms with E-state index in [0.29, 0.717) is 5.02 Å². The minimum Gasteiger partial charge on any atom is -0.354 e. The van der Waals surface area contributed by atoms with E-state index in [4.69, 9.17) is 11.6 Å². The molecule has 130 valence electrons. The molecule has 1 N–H and O–H groups in total. The van der Waals surface area contributed by atoms with Gasteiger partial charge in [0.15, 0.2) is 0 Å². The Morgan fingerprint density at radius 2 is 1.85 bits per heavy atom. The van der Waals surface area contributed by atoms with E-state index in [9.17, 15) is 10.1 Å². The van der Waals surface area contributed by atoms with Crippen molar-refractivity contribution in [3.63, 3.8) is 0 Å². The molecule has 4 nitrogen and oxygen atoms in total. The lowest BCUT2D eigenvalue weighted by molar-refractivity contribution is -0.481. The summed E-state index contributed by atoms with van der Waals surface area (Å²) < 4.78 is 0. The van der Waals surface area contributed by atoms with Gasteiger partial charge in [-0.3, -0.25) is 10.1 Å². The summed E-state index contributed by atoms with van der Waals surface area (Å²) in [4.78, 5) is 15.6. The van der Waals surface area contributed by atoms with Gasteiger partial charge in [-0.15, -0.1) is 11.3 Å². The summed E-state index contributed by atoms with van der Waals surface area (Å²) in [5.41, 5.74) is 3.80. The van der Waals surface area contributed by atoms with Crippen LogP contribution >= 0.6 is 22.9 Å². The van der Waals surface area contributed by atoms with E-state index in [-0.39, 0.29) is 17.4 Å². The van der Waals surface area contributed by atoms with Crippen molar-refractivity contribution in [3.05, 3.63) is 91.6 Å². The second-order valence-corrected chi connectivity index (χ2v) is 7.47. The van der Waals surface area contributed by atoms with Gasteiger partial charge in [0.2, 0.25) is 6.54 Å². The van der Waals surface area contributed by atoms with Gasteiger partial charge in [0.1, 0.15) is 0 Å². The first-order valence-electron chi connectivity index (χ1n) is 8.15. The average Bonchev–Trinajstić information content (AvgIpc) is 3.28. The number of fused-ring (bicyclic) bond motifs is 1. The number of benzene rings is 2. The topological polar surface area (TPSA) is 58.9 Å². The van der Waals surface area contributed by atoms with Gasteiger partial charge in [0.25, 0.3) is 0 Å². The molecule has 2 aromatic carbocycles. The third-order valence-electron chi connectivity index (χ3n) is 4.45. The summed E-state index contributed by atoms with van der Waals surface area (Å²) in [6, 6.07) is 19.4. The minimum atomic E-state index is -0.313. The van der Waals surface area contributed by atoms with Gasteiger partial charge in [-0.05, 0) is 35.2 Å². The molecule has 0 aliphatic carbocycles. The van der Waals surface area contributed by atoms with Gasteiger partial charge in [-0.25, -0.2) is 0 Å². The van der Waals surface area contributed by atoms with Crippen molar-refractivity contribution in [1.29, 1.82) is 0 Å². The van der Waals surface area contributed by atoms with Crippen LogP contribution in [-0.2, 0) is 0 Å². The van der Waals surface area contributed by atoms with Gasteiger partial charge in [0, 0.05) is 31.3 Å². The van der Waals surface area contributed by atoms with Crippen LogP contribution in [0.2, 0.25) is 5.02 Å². The smallest absolute Gasteiger partial charge is 0.215 e. The number of H-pyrrole nitrogens is 1. The Bertz CT molecular complexity index is 1060. The van der Waals surface area contributed by atoms with E-state index in [1.54, 1.807) is 11.3 Å². The maximum atomic E-state index is 11.4. The van der Waals surface area contributed by atoms with Crippen LogP contribution in [-0.4, -0.2) is 16.5 Å². The Kier molecular flexibility index (Phi) is 4.49. The lowest BCUT2D eigenvalue weighted by Gasteiger charge is -2.14. The van der Waals surface area contributed by atoms with Crippen LogP contribution in [0.3, 0.4) is 0 Å². The zero-order valence-electron chi connectivity index (χ0n) is 13.7. The molecule has 2 heterocycles. The predicted octanol–water partition coefficient (Wildman–Crippen LogP) is 5.96. The number of aromatic amines is 1. The first-order chi connectivity index (χ1) is 12.6. The number of hydrogen-bond donors (Lipinski definition) is 1. The Balaban J connectivity index is 1.98. The van der Waals surface area contributed by atoms with E-state index < -0.39 is 0 Å². The number of halogens is 1. The molecular formula is C20H15ClN2O2S. The molecule has 0 fully saturated rings. The van der Waals surface area contributed by atoms with E-state index in [1.807, 2.05) is 66.0 Å². The van der Waals surface area contributed by atoms with Crippen LogP contribution in [0.4, 0.5) is 0 Å². The molecule has 1 unspecified atom stereocenters. The third-order valence-corrected chi connectivity index (χ3v) is 5.68. The summed E-state index contributed by atoms with van der Waals surface area (Å²) in [6.45, 7) is -0.150. The lowest BCUT2D eigenvalue weighted by Crippen LogP contribution is -2.13. The summed E-state index contributed by atoms with van der Waals surface area (Å²) >= 11 is 7.58. The number of nitrogens with one attached hydrogen (secondary N) is 1. The highest BCUT2D eigenvalue weighted by molar-refractivity contribution is 7.10. The number of nitrogens with zero attached hydrogens (tertiary/aromatic N) is 1. The van der Waals surface area contributed by atoms with Gasteiger partial charge < -0.3 is 4.98 Å². The van der Waals surface area contributed by atoms with Crippen molar-refractivity contribution >= 4 is 33.8 Å². The highest BCUT2D eigenvalue weighted by Crippen LogP contribution is 2.40. The molecule has 6 heteroatoms. The number of hydrogen-bond acceptors (Lipinski definition) is 3. The monoisotopic (exact) mass is 382 g/mol. The molecule has 0 spiro atoms. The fraction of sp³-hybridized carbons (Fsp3) is 0.100. The van der Waals surface area contributed by atoms with E-state index in [0.717, 1.165) is 32.6 Å². The van der Waals surface area contributed by atoms with Crippen molar-refractivity contribution in [2.24, 2.45) is 0 Å². The van der Waals surface area contributed by atoms with Crippen LogP contribution in [0, 0.1) is 10.1 Å². The normalized spacial score (nSPS) is 12.3. The molecule has 26 heavy (non-hydrogen) atoms. The number of para-hydroxylation sites is 1. The van der Waals surface area contributed by atoms with Crippen molar-refractivity contribution in [2.75, 3.05) is 6.54 Å². The van der Waals surface area contributed by atoms with Crippen molar-refractivity contribution in [3.8, 4) is 11.3 Å². The molecule has 0 radical (unpaired) electrons. The van der Waals surface area contributed by atoms with E-state index in [1.165, 1.54) is 0 Å². The van der Waals surface area contributed by atoms with Gasteiger partial charge >= 0.3 is 0 Å².